The fourth-order valence-corrected chi connectivity index (χ4v) is 2.51. The van der Waals surface area contributed by atoms with Gasteiger partial charge in [0.1, 0.15) is 12.1 Å². The van der Waals surface area contributed by atoms with Crippen LogP contribution >= 0.6 is 0 Å². The standard InChI is InChI=1S/C13H18N2O3/c1-3-12-13(15(16)17)10(2)18-14(12)9-11-7-5-4-6-8-11/h4-8,10,12-13H,3,9H2,1-2H3/t10-,12-,13-/m0/s1. The maximum Gasteiger partial charge on any atom is 0.258 e. The molecule has 0 unspecified atom stereocenters. The maximum absolute atomic E-state index is 11.1. The molecule has 98 valence electrons. The van der Waals surface area contributed by atoms with Gasteiger partial charge in [-0.3, -0.25) is 15.0 Å². The molecular formula is C13H18N2O3. The van der Waals surface area contributed by atoms with Crippen LogP contribution in [0.3, 0.4) is 0 Å². The number of nitrogens with zero attached hydrogens (tertiary/aromatic N) is 2. The normalized spacial score (nSPS) is 28.4. The van der Waals surface area contributed by atoms with Crippen LogP contribution in [0.2, 0.25) is 0 Å². The molecule has 5 nitrogen and oxygen atoms in total. The summed E-state index contributed by atoms with van der Waals surface area (Å²) in [6, 6.07) is 9.07. The van der Waals surface area contributed by atoms with Crippen LogP contribution in [0.1, 0.15) is 25.8 Å². The predicted molar refractivity (Wildman–Crippen MR) is 67.4 cm³/mol. The Bertz CT molecular complexity index is 410. The highest BCUT2D eigenvalue weighted by Crippen LogP contribution is 2.27. The van der Waals surface area contributed by atoms with Crippen molar-refractivity contribution in [3.05, 3.63) is 46.0 Å². The Labute approximate surface area is 106 Å². The molecule has 1 saturated heterocycles. The van der Waals surface area contributed by atoms with Gasteiger partial charge in [-0.2, -0.15) is 5.06 Å². The quantitative estimate of drug-likeness (QED) is 0.607. The first-order chi connectivity index (χ1) is 8.63. The van der Waals surface area contributed by atoms with Crippen molar-refractivity contribution in [1.29, 1.82) is 0 Å². The minimum absolute atomic E-state index is 0.157. The van der Waals surface area contributed by atoms with Crippen molar-refractivity contribution < 1.29 is 9.76 Å². The third-order valence-corrected chi connectivity index (χ3v) is 3.39. The van der Waals surface area contributed by atoms with E-state index in [4.69, 9.17) is 4.84 Å². The van der Waals surface area contributed by atoms with Crippen LogP contribution in [0.5, 0.6) is 0 Å². The zero-order chi connectivity index (χ0) is 13.1. The van der Waals surface area contributed by atoms with Crippen molar-refractivity contribution in [2.75, 3.05) is 0 Å². The van der Waals surface area contributed by atoms with Crippen molar-refractivity contribution in [3.8, 4) is 0 Å². The Hall–Kier alpha value is -1.46. The summed E-state index contributed by atoms with van der Waals surface area (Å²) in [5.74, 6) is 0. The van der Waals surface area contributed by atoms with E-state index in [-0.39, 0.29) is 17.1 Å². The van der Waals surface area contributed by atoms with E-state index in [9.17, 15) is 10.1 Å². The molecule has 3 atom stereocenters. The molecule has 0 amide bonds. The molecule has 2 rings (SSSR count). The first-order valence-electron chi connectivity index (χ1n) is 6.24. The molecular weight excluding hydrogens is 232 g/mol. The van der Waals surface area contributed by atoms with Gasteiger partial charge in [-0.15, -0.1) is 0 Å². The second-order valence-electron chi connectivity index (χ2n) is 4.62. The summed E-state index contributed by atoms with van der Waals surface area (Å²) in [5.41, 5.74) is 1.10. The van der Waals surface area contributed by atoms with Gasteiger partial charge in [0, 0.05) is 11.5 Å². The Balaban J connectivity index is 2.12. The van der Waals surface area contributed by atoms with Crippen molar-refractivity contribution in [1.82, 2.24) is 5.06 Å². The minimum atomic E-state index is -0.640. The van der Waals surface area contributed by atoms with Gasteiger partial charge in [-0.25, -0.2) is 0 Å². The van der Waals surface area contributed by atoms with Crippen LogP contribution in [-0.2, 0) is 11.4 Å². The van der Waals surface area contributed by atoms with Gasteiger partial charge in [0.15, 0.2) is 0 Å². The number of nitro groups is 1. The molecule has 0 radical (unpaired) electrons. The molecule has 0 bridgehead atoms. The highest BCUT2D eigenvalue weighted by molar-refractivity contribution is 5.14. The van der Waals surface area contributed by atoms with E-state index in [2.05, 4.69) is 0 Å². The smallest absolute Gasteiger partial charge is 0.258 e. The molecule has 0 aromatic heterocycles. The highest BCUT2D eigenvalue weighted by Gasteiger charge is 2.48. The van der Waals surface area contributed by atoms with E-state index < -0.39 is 6.04 Å². The Morgan fingerprint density at radius 2 is 2.06 bits per heavy atom. The lowest BCUT2D eigenvalue weighted by atomic mass is 10.0. The summed E-state index contributed by atoms with van der Waals surface area (Å²) < 4.78 is 0. The zero-order valence-corrected chi connectivity index (χ0v) is 10.7. The predicted octanol–water partition coefficient (Wildman–Crippen LogP) is 2.25. The molecule has 0 aliphatic carbocycles. The van der Waals surface area contributed by atoms with E-state index in [0.717, 1.165) is 5.56 Å². The van der Waals surface area contributed by atoms with Gasteiger partial charge in [0.2, 0.25) is 0 Å². The average Bonchev–Trinajstić information content (AvgIpc) is 2.66. The van der Waals surface area contributed by atoms with Gasteiger partial charge in [-0.05, 0) is 18.9 Å². The fourth-order valence-electron chi connectivity index (χ4n) is 2.51. The SMILES string of the molecule is CC[C@H]1[C@@H]([N+](=O)[O-])[C@H](C)ON1Cc1ccccc1. The fraction of sp³-hybridized carbons (Fsp3) is 0.538. The molecule has 18 heavy (non-hydrogen) atoms. The van der Waals surface area contributed by atoms with Crippen molar-refractivity contribution in [2.24, 2.45) is 0 Å². The second kappa shape index (κ2) is 5.46. The molecule has 5 heteroatoms. The van der Waals surface area contributed by atoms with Crippen molar-refractivity contribution in [2.45, 2.75) is 45.0 Å². The lowest BCUT2D eigenvalue weighted by Gasteiger charge is -2.21. The molecule has 1 aliphatic rings. The minimum Gasteiger partial charge on any atom is -0.288 e. The Morgan fingerprint density at radius 3 is 2.61 bits per heavy atom. The molecule has 0 saturated carbocycles. The third kappa shape index (κ3) is 2.52. The highest BCUT2D eigenvalue weighted by atomic mass is 16.7. The molecule has 0 N–H and O–H groups in total. The van der Waals surface area contributed by atoms with Crippen LogP contribution in [-0.4, -0.2) is 28.2 Å². The summed E-state index contributed by atoms with van der Waals surface area (Å²) in [5, 5.41) is 12.8. The van der Waals surface area contributed by atoms with Crippen molar-refractivity contribution in [3.63, 3.8) is 0 Å². The first-order valence-corrected chi connectivity index (χ1v) is 6.24. The summed E-state index contributed by atoms with van der Waals surface area (Å²) in [6.45, 7) is 4.32. The Morgan fingerprint density at radius 1 is 1.39 bits per heavy atom. The summed E-state index contributed by atoms with van der Waals surface area (Å²) in [6.07, 6.45) is 0.344. The third-order valence-electron chi connectivity index (χ3n) is 3.39. The number of rotatable bonds is 4. The lowest BCUT2D eigenvalue weighted by Crippen LogP contribution is -2.39. The maximum atomic E-state index is 11.1. The van der Waals surface area contributed by atoms with Gasteiger partial charge in [-0.1, -0.05) is 37.3 Å². The zero-order valence-electron chi connectivity index (χ0n) is 10.7. The van der Waals surface area contributed by atoms with E-state index in [0.29, 0.717) is 13.0 Å². The van der Waals surface area contributed by atoms with E-state index in [1.165, 1.54) is 0 Å². The van der Waals surface area contributed by atoms with Gasteiger partial charge < -0.3 is 0 Å². The van der Waals surface area contributed by atoms with E-state index in [1.54, 1.807) is 12.0 Å². The Kier molecular flexibility index (Phi) is 3.93. The van der Waals surface area contributed by atoms with Gasteiger partial charge >= 0.3 is 0 Å². The van der Waals surface area contributed by atoms with E-state index >= 15 is 0 Å². The van der Waals surface area contributed by atoms with Crippen LogP contribution in [0, 0.1) is 10.1 Å². The number of hydroxylamine groups is 2. The van der Waals surface area contributed by atoms with Crippen LogP contribution < -0.4 is 0 Å². The molecule has 1 aliphatic heterocycles. The summed E-state index contributed by atoms with van der Waals surface area (Å²) in [7, 11) is 0. The largest absolute Gasteiger partial charge is 0.288 e. The molecule has 1 aromatic rings. The second-order valence-corrected chi connectivity index (χ2v) is 4.62. The summed E-state index contributed by atoms with van der Waals surface area (Å²) >= 11 is 0. The number of benzene rings is 1. The monoisotopic (exact) mass is 250 g/mol. The number of hydrogen-bond acceptors (Lipinski definition) is 4. The molecule has 0 spiro atoms. The van der Waals surface area contributed by atoms with Crippen molar-refractivity contribution >= 4 is 0 Å². The molecule has 1 heterocycles. The van der Waals surface area contributed by atoms with Gasteiger partial charge in [0.05, 0.1) is 0 Å². The van der Waals surface area contributed by atoms with E-state index in [1.807, 2.05) is 37.3 Å². The topological polar surface area (TPSA) is 55.6 Å². The van der Waals surface area contributed by atoms with Crippen LogP contribution in [0.25, 0.3) is 0 Å². The average molecular weight is 250 g/mol. The molecule has 1 aromatic carbocycles. The lowest BCUT2D eigenvalue weighted by molar-refractivity contribution is -0.528. The number of hydrogen-bond donors (Lipinski definition) is 0. The molecule has 1 fully saturated rings. The van der Waals surface area contributed by atoms with Crippen LogP contribution in [0.4, 0.5) is 0 Å². The van der Waals surface area contributed by atoms with Crippen LogP contribution in [0.15, 0.2) is 30.3 Å². The summed E-state index contributed by atoms with van der Waals surface area (Å²) in [4.78, 5) is 16.5. The van der Waals surface area contributed by atoms with Gasteiger partial charge in [0.25, 0.3) is 6.04 Å². The first kappa shape index (κ1) is 13.0.